The Labute approximate surface area is 196 Å². The number of hydrogen-bond donors (Lipinski definition) is 2. The van der Waals surface area contributed by atoms with Crippen molar-refractivity contribution in [1.82, 2.24) is 9.80 Å². The Bertz CT molecular complexity index is 1040. The van der Waals surface area contributed by atoms with Crippen LogP contribution in [0.4, 0.5) is 5.69 Å². The van der Waals surface area contributed by atoms with E-state index in [4.69, 9.17) is 19.8 Å². The molecule has 0 saturated carbocycles. The van der Waals surface area contributed by atoms with E-state index in [9.17, 15) is 14.9 Å². The largest absolute Gasteiger partial charge is 0.473 e. The van der Waals surface area contributed by atoms with Crippen LogP contribution >= 0.6 is 0 Å². The van der Waals surface area contributed by atoms with Crippen molar-refractivity contribution in [2.24, 2.45) is 5.92 Å². The third kappa shape index (κ3) is 6.61. The first kappa shape index (κ1) is 24.8. The van der Waals surface area contributed by atoms with Gasteiger partial charge in [-0.25, -0.2) is 9.59 Å². The molecule has 180 valence electrons. The first-order chi connectivity index (χ1) is 16.2. The summed E-state index contributed by atoms with van der Waals surface area (Å²) in [6.07, 6.45) is 2.88. The number of aliphatic carboxylic acids is 2. The highest BCUT2D eigenvalue weighted by Crippen LogP contribution is 2.25. The smallest absolute Gasteiger partial charge is 0.414 e. The Balaban J connectivity index is 0.000000481. The average molecular weight is 469 g/mol. The van der Waals surface area contributed by atoms with Crippen molar-refractivity contribution in [1.29, 1.82) is 0 Å². The molecule has 4 rings (SSSR count). The number of amides is 1. The third-order valence-electron chi connectivity index (χ3n) is 6.03. The highest BCUT2D eigenvalue weighted by Gasteiger charge is 2.30. The molecule has 2 aromatic carbocycles. The van der Waals surface area contributed by atoms with Gasteiger partial charge in [0.05, 0.1) is 10.8 Å². The van der Waals surface area contributed by atoms with Gasteiger partial charge in [-0.15, -0.1) is 0 Å². The lowest BCUT2D eigenvalue weighted by molar-refractivity contribution is -0.384. The van der Waals surface area contributed by atoms with Gasteiger partial charge in [-0.05, 0) is 42.5 Å². The van der Waals surface area contributed by atoms with E-state index in [0.717, 1.165) is 51.0 Å². The molecule has 0 aliphatic carbocycles. The minimum atomic E-state index is -1.82. The van der Waals surface area contributed by atoms with Crippen molar-refractivity contribution < 1.29 is 29.5 Å². The SMILES string of the molecule is O=C(C1CCCN(Cc2ccc([N+](=O)[O-])cc2)C1)N1CCc2ccccc2C1.O=C(O)C(=O)O. The fourth-order valence-electron chi connectivity index (χ4n) is 4.32. The van der Waals surface area contributed by atoms with Gasteiger partial charge in [0, 0.05) is 38.3 Å². The van der Waals surface area contributed by atoms with E-state index in [1.807, 2.05) is 23.1 Å². The van der Waals surface area contributed by atoms with Gasteiger partial charge in [0.15, 0.2) is 0 Å². The topological polar surface area (TPSA) is 141 Å². The minimum Gasteiger partial charge on any atom is -0.473 e. The number of benzene rings is 2. The van der Waals surface area contributed by atoms with Gasteiger partial charge in [0.25, 0.3) is 5.69 Å². The summed E-state index contributed by atoms with van der Waals surface area (Å²) in [6, 6.07) is 15.1. The Morgan fingerprint density at radius 1 is 0.971 bits per heavy atom. The van der Waals surface area contributed by atoms with E-state index in [0.29, 0.717) is 6.54 Å². The summed E-state index contributed by atoms with van der Waals surface area (Å²) < 4.78 is 0. The maximum atomic E-state index is 13.1. The van der Waals surface area contributed by atoms with Crippen LogP contribution in [0, 0.1) is 16.0 Å². The Morgan fingerprint density at radius 3 is 2.24 bits per heavy atom. The van der Waals surface area contributed by atoms with Crippen LogP contribution in [0.1, 0.15) is 29.5 Å². The van der Waals surface area contributed by atoms with Crippen LogP contribution in [-0.4, -0.2) is 62.4 Å². The van der Waals surface area contributed by atoms with E-state index in [-0.39, 0.29) is 22.4 Å². The number of non-ortho nitro benzene ring substituents is 1. The summed E-state index contributed by atoms with van der Waals surface area (Å²) in [7, 11) is 0. The number of fused-ring (bicyclic) bond motifs is 1. The Hall–Kier alpha value is -3.79. The fourth-order valence-corrected chi connectivity index (χ4v) is 4.32. The molecule has 1 fully saturated rings. The summed E-state index contributed by atoms with van der Waals surface area (Å²) in [5.41, 5.74) is 3.78. The monoisotopic (exact) mass is 469 g/mol. The second kappa shape index (κ2) is 11.4. The second-order valence-electron chi connectivity index (χ2n) is 8.39. The summed E-state index contributed by atoms with van der Waals surface area (Å²) in [5, 5.41) is 25.6. The molecular weight excluding hydrogens is 442 g/mol. The summed E-state index contributed by atoms with van der Waals surface area (Å²) in [4.78, 5) is 46.0. The molecule has 1 atom stereocenters. The van der Waals surface area contributed by atoms with E-state index in [1.54, 1.807) is 12.1 Å². The number of carboxylic acids is 2. The van der Waals surface area contributed by atoms with Crippen LogP contribution in [0.5, 0.6) is 0 Å². The molecular formula is C24H27N3O7. The van der Waals surface area contributed by atoms with E-state index >= 15 is 0 Å². The van der Waals surface area contributed by atoms with Crippen molar-refractivity contribution in [2.45, 2.75) is 32.4 Å². The number of rotatable bonds is 4. The number of nitro benzene ring substituents is 1. The molecule has 2 heterocycles. The van der Waals surface area contributed by atoms with Gasteiger partial charge < -0.3 is 15.1 Å². The van der Waals surface area contributed by atoms with Crippen LogP contribution in [0.3, 0.4) is 0 Å². The lowest BCUT2D eigenvalue weighted by Crippen LogP contribution is -2.46. The van der Waals surface area contributed by atoms with Crippen molar-refractivity contribution in [3.63, 3.8) is 0 Å². The number of nitro groups is 1. The number of nitrogens with zero attached hydrogens (tertiary/aromatic N) is 3. The molecule has 1 amide bonds. The summed E-state index contributed by atoms with van der Waals surface area (Å²) in [6.45, 7) is 3.96. The Kier molecular flexibility index (Phi) is 8.31. The van der Waals surface area contributed by atoms with Crippen molar-refractivity contribution in [3.05, 3.63) is 75.3 Å². The lowest BCUT2D eigenvalue weighted by atomic mass is 9.93. The number of likely N-dealkylation sites (tertiary alicyclic amines) is 1. The lowest BCUT2D eigenvalue weighted by Gasteiger charge is -2.36. The zero-order valence-corrected chi connectivity index (χ0v) is 18.6. The maximum Gasteiger partial charge on any atom is 0.414 e. The molecule has 34 heavy (non-hydrogen) atoms. The van der Waals surface area contributed by atoms with Crippen LogP contribution in [-0.2, 0) is 33.9 Å². The molecule has 1 unspecified atom stereocenters. The quantitative estimate of drug-likeness (QED) is 0.395. The zero-order chi connectivity index (χ0) is 24.7. The molecule has 10 nitrogen and oxygen atoms in total. The molecule has 2 N–H and O–H groups in total. The van der Waals surface area contributed by atoms with Crippen molar-refractivity contribution >= 4 is 23.5 Å². The van der Waals surface area contributed by atoms with Gasteiger partial charge >= 0.3 is 11.9 Å². The Morgan fingerprint density at radius 2 is 1.62 bits per heavy atom. The molecule has 2 aliphatic rings. The van der Waals surface area contributed by atoms with E-state index in [1.165, 1.54) is 11.1 Å². The minimum absolute atomic E-state index is 0.0389. The standard InChI is InChI=1S/C22H25N3O3.C2H2O4/c26-22(24-13-11-18-4-1-2-5-19(18)16-24)20-6-3-12-23(15-20)14-17-7-9-21(10-8-17)25(27)28;3-1(4)2(5)6/h1-2,4-5,7-10,20H,3,6,11-16H2;(H,3,4)(H,5,6). The fraction of sp³-hybridized carbons (Fsp3) is 0.375. The third-order valence-corrected chi connectivity index (χ3v) is 6.03. The number of carbonyl (C=O) groups excluding carboxylic acids is 1. The van der Waals surface area contributed by atoms with Gasteiger partial charge in [-0.1, -0.05) is 36.4 Å². The summed E-state index contributed by atoms with van der Waals surface area (Å²) >= 11 is 0. The maximum absolute atomic E-state index is 13.1. The van der Waals surface area contributed by atoms with Crippen molar-refractivity contribution in [3.8, 4) is 0 Å². The predicted octanol–water partition coefficient (Wildman–Crippen LogP) is 2.55. The first-order valence-electron chi connectivity index (χ1n) is 11.0. The highest BCUT2D eigenvalue weighted by atomic mass is 16.6. The van der Waals surface area contributed by atoms with Crippen LogP contribution < -0.4 is 0 Å². The number of hydrogen-bond acceptors (Lipinski definition) is 6. The average Bonchev–Trinajstić information content (AvgIpc) is 2.84. The molecule has 1 saturated heterocycles. The summed E-state index contributed by atoms with van der Waals surface area (Å²) in [5.74, 6) is -3.34. The van der Waals surface area contributed by atoms with Gasteiger partial charge in [-0.2, -0.15) is 0 Å². The molecule has 10 heteroatoms. The molecule has 0 aromatic heterocycles. The van der Waals surface area contributed by atoms with Crippen LogP contribution in [0.25, 0.3) is 0 Å². The first-order valence-corrected chi connectivity index (χ1v) is 11.0. The van der Waals surface area contributed by atoms with Crippen LogP contribution in [0.2, 0.25) is 0 Å². The highest BCUT2D eigenvalue weighted by molar-refractivity contribution is 6.27. The van der Waals surface area contributed by atoms with Gasteiger partial charge in [0.1, 0.15) is 0 Å². The normalized spacial score (nSPS) is 17.6. The molecule has 0 spiro atoms. The van der Waals surface area contributed by atoms with Gasteiger partial charge in [0.2, 0.25) is 5.91 Å². The predicted molar refractivity (Wildman–Crippen MR) is 122 cm³/mol. The van der Waals surface area contributed by atoms with E-state index < -0.39 is 11.9 Å². The molecule has 2 aliphatic heterocycles. The van der Waals surface area contributed by atoms with Crippen LogP contribution in [0.15, 0.2) is 48.5 Å². The molecule has 0 bridgehead atoms. The zero-order valence-electron chi connectivity index (χ0n) is 18.6. The van der Waals surface area contributed by atoms with Crippen molar-refractivity contribution in [2.75, 3.05) is 19.6 Å². The second-order valence-corrected chi connectivity index (χ2v) is 8.39. The molecule has 2 aromatic rings. The van der Waals surface area contributed by atoms with E-state index in [2.05, 4.69) is 23.1 Å². The van der Waals surface area contributed by atoms with Gasteiger partial charge in [-0.3, -0.25) is 19.8 Å². The number of carboxylic acid groups (broad SMARTS) is 2. The molecule has 0 radical (unpaired) electrons. The number of carbonyl (C=O) groups is 3. The number of piperidine rings is 1.